The molecule has 0 aromatic rings. The number of hydrogen-bond acceptors (Lipinski definition) is 2. The van der Waals surface area contributed by atoms with Crippen LogP contribution in [0, 0.1) is 6.92 Å². The van der Waals surface area contributed by atoms with Gasteiger partial charge in [-0.15, -0.1) is 0 Å². The molecule has 0 amide bonds. The second-order valence-corrected chi connectivity index (χ2v) is 6.58. The molecule has 0 aromatic carbocycles. The zero-order chi connectivity index (χ0) is 16.5. The third-order valence-electron chi connectivity index (χ3n) is 4.61. The Hall–Kier alpha value is -0.0800. The molecule has 0 aliphatic rings. The minimum atomic E-state index is -0.0395. The summed E-state index contributed by atoms with van der Waals surface area (Å²) in [5.41, 5.74) is 0. The molecule has 1 radical (unpaired) electrons. The van der Waals surface area contributed by atoms with E-state index in [-0.39, 0.29) is 12.2 Å². The first-order chi connectivity index (χ1) is 10.8. The first-order valence-corrected chi connectivity index (χ1v) is 9.64. The minimum Gasteiger partial charge on any atom is -0.379 e. The molecule has 133 valence electrons. The Kier molecular flexibility index (Phi) is 17.2. The first-order valence-electron chi connectivity index (χ1n) is 9.64. The number of hydrogen-bond donors (Lipinski definition) is 0. The zero-order valence-electron chi connectivity index (χ0n) is 15.6. The summed E-state index contributed by atoms with van der Waals surface area (Å²) in [4.78, 5) is 0. The van der Waals surface area contributed by atoms with Crippen molar-refractivity contribution < 1.29 is 9.47 Å². The zero-order valence-corrected chi connectivity index (χ0v) is 15.6. The van der Waals surface area contributed by atoms with Crippen LogP contribution < -0.4 is 0 Å². The normalized spacial score (nSPS) is 14.2. The van der Waals surface area contributed by atoms with Crippen LogP contribution >= 0.6 is 0 Å². The molecule has 0 heterocycles. The lowest BCUT2D eigenvalue weighted by Crippen LogP contribution is -2.27. The maximum atomic E-state index is 5.42. The highest BCUT2D eigenvalue weighted by molar-refractivity contribution is 4.72. The smallest absolute Gasteiger partial charge is 0.0833 e. The van der Waals surface area contributed by atoms with Crippen molar-refractivity contribution in [2.24, 2.45) is 0 Å². The van der Waals surface area contributed by atoms with Crippen LogP contribution in [0.5, 0.6) is 0 Å². The second-order valence-electron chi connectivity index (χ2n) is 6.58. The molecule has 2 atom stereocenters. The molecule has 0 aliphatic heterocycles. The predicted molar refractivity (Wildman–Crippen MR) is 97.3 cm³/mol. The monoisotopic (exact) mass is 313 g/mol. The van der Waals surface area contributed by atoms with E-state index in [2.05, 4.69) is 13.8 Å². The van der Waals surface area contributed by atoms with Crippen molar-refractivity contribution in [2.75, 3.05) is 14.2 Å². The van der Waals surface area contributed by atoms with Gasteiger partial charge < -0.3 is 9.47 Å². The Morgan fingerprint density at radius 3 is 1.41 bits per heavy atom. The molecule has 0 aliphatic carbocycles. The highest BCUT2D eigenvalue weighted by Gasteiger charge is 2.15. The molecule has 0 rings (SSSR count). The van der Waals surface area contributed by atoms with E-state index in [0.717, 1.165) is 6.42 Å². The van der Waals surface area contributed by atoms with Crippen LogP contribution in [0.4, 0.5) is 0 Å². The summed E-state index contributed by atoms with van der Waals surface area (Å²) in [5, 5.41) is 0. The van der Waals surface area contributed by atoms with Crippen molar-refractivity contribution >= 4 is 0 Å². The third-order valence-corrected chi connectivity index (χ3v) is 4.61. The van der Waals surface area contributed by atoms with Gasteiger partial charge in [-0.1, -0.05) is 90.4 Å². The van der Waals surface area contributed by atoms with Crippen LogP contribution in [0.15, 0.2) is 0 Å². The summed E-state index contributed by atoms with van der Waals surface area (Å²) in [6, 6.07) is 0. The molecule has 2 heteroatoms. The number of unbranched alkanes of at least 4 members (excludes halogenated alkanes) is 12. The van der Waals surface area contributed by atoms with Crippen LogP contribution in [0.3, 0.4) is 0 Å². The maximum absolute atomic E-state index is 5.42. The molecule has 0 bridgehead atoms. The lowest BCUT2D eigenvalue weighted by atomic mass is 10.0. The Bertz CT molecular complexity index is 206. The molecule has 0 aromatic heterocycles. The van der Waals surface area contributed by atoms with Crippen molar-refractivity contribution in [1.82, 2.24) is 0 Å². The van der Waals surface area contributed by atoms with Gasteiger partial charge in [0.05, 0.1) is 12.2 Å². The average Bonchev–Trinajstić information content (AvgIpc) is 2.54. The second kappa shape index (κ2) is 17.3. The molecule has 0 spiro atoms. The number of rotatable bonds is 17. The maximum Gasteiger partial charge on any atom is 0.0833 e. The Balaban J connectivity index is 3.20. The molecule has 2 nitrogen and oxygen atoms in total. The highest BCUT2D eigenvalue weighted by Crippen LogP contribution is 2.15. The van der Waals surface area contributed by atoms with Gasteiger partial charge in [-0.2, -0.15) is 0 Å². The molecular formula is C20H41O2. The summed E-state index contributed by atoms with van der Waals surface area (Å²) >= 11 is 0. The van der Waals surface area contributed by atoms with Gasteiger partial charge in [0.2, 0.25) is 0 Å². The van der Waals surface area contributed by atoms with Gasteiger partial charge in [0, 0.05) is 14.2 Å². The average molecular weight is 314 g/mol. The fourth-order valence-corrected chi connectivity index (χ4v) is 2.97. The van der Waals surface area contributed by atoms with Gasteiger partial charge >= 0.3 is 0 Å². The van der Waals surface area contributed by atoms with E-state index in [4.69, 9.17) is 9.47 Å². The van der Waals surface area contributed by atoms with Gasteiger partial charge in [0.15, 0.2) is 0 Å². The Morgan fingerprint density at radius 1 is 0.636 bits per heavy atom. The molecule has 0 saturated carbocycles. The van der Waals surface area contributed by atoms with E-state index in [0.29, 0.717) is 0 Å². The summed E-state index contributed by atoms with van der Waals surface area (Å²) in [5.74, 6) is 0. The molecule has 0 saturated heterocycles. The lowest BCUT2D eigenvalue weighted by Gasteiger charge is -2.21. The number of methoxy groups -OCH3 is 2. The molecular weight excluding hydrogens is 272 g/mol. The van der Waals surface area contributed by atoms with E-state index in [9.17, 15) is 0 Å². The standard InChI is InChI=1S/C20H41O2/c1-5-6-7-8-9-10-11-12-13-14-15-16-17-18-20(22-4)19(2)21-3/h19-20H,2,5-18H2,1,3-4H3. The molecule has 0 N–H and O–H groups in total. The van der Waals surface area contributed by atoms with Crippen LogP contribution in [0.1, 0.15) is 96.8 Å². The quantitative estimate of drug-likeness (QED) is 0.292. The van der Waals surface area contributed by atoms with Crippen molar-refractivity contribution in [3.05, 3.63) is 6.92 Å². The van der Waals surface area contributed by atoms with Crippen LogP contribution in [0.2, 0.25) is 0 Å². The van der Waals surface area contributed by atoms with E-state index < -0.39 is 0 Å². The van der Waals surface area contributed by atoms with Gasteiger partial charge in [-0.3, -0.25) is 0 Å². The van der Waals surface area contributed by atoms with Gasteiger partial charge in [0.1, 0.15) is 0 Å². The summed E-state index contributed by atoms with van der Waals surface area (Å²) in [7, 11) is 3.46. The van der Waals surface area contributed by atoms with Gasteiger partial charge in [-0.05, 0) is 13.3 Å². The Morgan fingerprint density at radius 2 is 1.05 bits per heavy atom. The van der Waals surface area contributed by atoms with Crippen molar-refractivity contribution in [1.29, 1.82) is 0 Å². The lowest BCUT2D eigenvalue weighted by molar-refractivity contribution is -0.0180. The predicted octanol–water partition coefficient (Wildman–Crippen LogP) is 6.33. The van der Waals surface area contributed by atoms with Crippen LogP contribution in [-0.4, -0.2) is 26.4 Å². The highest BCUT2D eigenvalue weighted by atomic mass is 16.5. The van der Waals surface area contributed by atoms with E-state index in [1.54, 1.807) is 14.2 Å². The Labute approximate surface area is 140 Å². The van der Waals surface area contributed by atoms with Crippen molar-refractivity contribution in [2.45, 2.75) is 109 Å². The summed E-state index contributed by atoms with van der Waals surface area (Å²) in [6.07, 6.45) is 19.3. The van der Waals surface area contributed by atoms with Crippen LogP contribution in [-0.2, 0) is 9.47 Å². The van der Waals surface area contributed by atoms with Crippen molar-refractivity contribution in [3.8, 4) is 0 Å². The largest absolute Gasteiger partial charge is 0.379 e. The topological polar surface area (TPSA) is 18.5 Å². The third kappa shape index (κ3) is 13.6. The summed E-state index contributed by atoms with van der Waals surface area (Å²) < 4.78 is 10.7. The summed E-state index contributed by atoms with van der Waals surface area (Å²) in [6.45, 7) is 6.24. The van der Waals surface area contributed by atoms with Gasteiger partial charge in [0.25, 0.3) is 0 Å². The van der Waals surface area contributed by atoms with E-state index in [1.807, 2.05) is 0 Å². The van der Waals surface area contributed by atoms with E-state index >= 15 is 0 Å². The molecule has 22 heavy (non-hydrogen) atoms. The SMILES string of the molecule is [CH2]C(OC)C(CCCCCCCCCCCCCCC)OC. The van der Waals surface area contributed by atoms with Crippen molar-refractivity contribution in [3.63, 3.8) is 0 Å². The molecule has 0 fully saturated rings. The fraction of sp³-hybridized carbons (Fsp3) is 0.950. The minimum absolute atomic E-state index is 0.0395. The first kappa shape index (κ1) is 21.9. The van der Waals surface area contributed by atoms with Crippen LogP contribution in [0.25, 0.3) is 0 Å². The molecule has 2 unspecified atom stereocenters. The van der Waals surface area contributed by atoms with Gasteiger partial charge in [-0.25, -0.2) is 0 Å². The fourth-order valence-electron chi connectivity index (χ4n) is 2.97. The number of ether oxygens (including phenoxy) is 2. The van der Waals surface area contributed by atoms with E-state index in [1.165, 1.54) is 83.5 Å².